The van der Waals surface area contributed by atoms with Crippen molar-refractivity contribution in [2.45, 2.75) is 65.2 Å². The summed E-state index contributed by atoms with van der Waals surface area (Å²) in [5.74, 6) is 0.813. The third kappa shape index (κ3) is 3.21. The summed E-state index contributed by atoms with van der Waals surface area (Å²) >= 11 is 0. The van der Waals surface area contributed by atoms with Crippen molar-refractivity contribution in [3.05, 3.63) is 59.8 Å². The molecule has 0 bridgehead atoms. The van der Waals surface area contributed by atoms with Gasteiger partial charge >= 0.3 is 0 Å². The lowest BCUT2D eigenvalue weighted by molar-refractivity contribution is 0.412. The monoisotopic (exact) mass is 374 g/mol. The number of fused-ring (bicyclic) bond motifs is 1. The number of nitrogens with one attached hydrogen (secondary N) is 1. The van der Waals surface area contributed by atoms with E-state index in [1.54, 1.807) is 0 Å². The molecule has 1 aliphatic rings. The maximum absolute atomic E-state index is 5.21. The van der Waals surface area contributed by atoms with E-state index < -0.39 is 0 Å². The number of rotatable bonds is 5. The SMILES string of the molecule is C=C(C)Nc1cc2c(-c3cc(C)cc(C4(CC)CCCC4)n3)cc(C)n2cn1. The molecule has 3 heterocycles. The molecule has 1 saturated carbocycles. The van der Waals surface area contributed by atoms with E-state index in [1.165, 1.54) is 42.5 Å². The molecule has 0 aliphatic heterocycles. The van der Waals surface area contributed by atoms with Gasteiger partial charge < -0.3 is 9.72 Å². The van der Waals surface area contributed by atoms with Crippen LogP contribution < -0.4 is 5.32 Å². The predicted octanol–water partition coefficient (Wildman–Crippen LogP) is 6.18. The first-order chi connectivity index (χ1) is 13.4. The van der Waals surface area contributed by atoms with Crippen LogP contribution in [-0.4, -0.2) is 14.4 Å². The van der Waals surface area contributed by atoms with Crippen LogP contribution in [-0.2, 0) is 5.41 Å². The quantitative estimate of drug-likeness (QED) is 0.580. The molecule has 4 heteroatoms. The number of anilines is 1. The van der Waals surface area contributed by atoms with Gasteiger partial charge in [-0.2, -0.15) is 0 Å². The normalized spacial score (nSPS) is 15.9. The summed E-state index contributed by atoms with van der Waals surface area (Å²) in [5.41, 5.74) is 8.20. The van der Waals surface area contributed by atoms with E-state index in [1.807, 2.05) is 13.3 Å². The first-order valence-electron chi connectivity index (χ1n) is 10.3. The van der Waals surface area contributed by atoms with E-state index in [9.17, 15) is 0 Å². The van der Waals surface area contributed by atoms with Crippen molar-refractivity contribution in [1.82, 2.24) is 14.4 Å². The minimum Gasteiger partial charge on any atom is -0.345 e. The summed E-state index contributed by atoms with van der Waals surface area (Å²) in [5, 5.41) is 3.23. The van der Waals surface area contributed by atoms with Crippen molar-refractivity contribution < 1.29 is 0 Å². The smallest absolute Gasteiger partial charge is 0.133 e. The summed E-state index contributed by atoms with van der Waals surface area (Å²) in [6.45, 7) is 12.5. The highest BCUT2D eigenvalue weighted by atomic mass is 15.1. The van der Waals surface area contributed by atoms with Gasteiger partial charge in [0.15, 0.2) is 0 Å². The van der Waals surface area contributed by atoms with Gasteiger partial charge in [0.2, 0.25) is 0 Å². The molecule has 1 fully saturated rings. The summed E-state index contributed by atoms with van der Waals surface area (Å²) in [6.07, 6.45) is 8.18. The second-order valence-electron chi connectivity index (χ2n) is 8.39. The number of nitrogens with zero attached hydrogens (tertiary/aromatic N) is 3. The zero-order chi connectivity index (χ0) is 19.9. The minimum atomic E-state index is 0.250. The predicted molar refractivity (Wildman–Crippen MR) is 117 cm³/mol. The van der Waals surface area contributed by atoms with E-state index in [-0.39, 0.29) is 5.41 Å². The van der Waals surface area contributed by atoms with Crippen LogP contribution in [0.3, 0.4) is 0 Å². The van der Waals surface area contributed by atoms with Gasteiger partial charge in [0.05, 0.1) is 11.2 Å². The summed E-state index contributed by atoms with van der Waals surface area (Å²) in [4.78, 5) is 9.72. The maximum Gasteiger partial charge on any atom is 0.133 e. The fourth-order valence-electron chi connectivity index (χ4n) is 4.67. The Hall–Kier alpha value is -2.62. The molecule has 0 saturated heterocycles. The first kappa shape index (κ1) is 18.7. The van der Waals surface area contributed by atoms with Gasteiger partial charge in [0.1, 0.15) is 12.1 Å². The highest BCUT2D eigenvalue weighted by Gasteiger charge is 2.35. The minimum absolute atomic E-state index is 0.250. The average molecular weight is 375 g/mol. The number of allylic oxidation sites excluding steroid dienone is 1. The Kier molecular flexibility index (Phi) is 4.74. The van der Waals surface area contributed by atoms with Crippen molar-refractivity contribution in [3.8, 4) is 11.3 Å². The average Bonchev–Trinajstić information content (AvgIpc) is 3.26. The molecular formula is C24H30N4. The summed E-state index contributed by atoms with van der Waals surface area (Å²) < 4.78 is 2.13. The van der Waals surface area contributed by atoms with Gasteiger partial charge in [-0.25, -0.2) is 4.98 Å². The fourth-order valence-corrected chi connectivity index (χ4v) is 4.67. The first-order valence-corrected chi connectivity index (χ1v) is 10.3. The molecule has 0 atom stereocenters. The Balaban J connectivity index is 1.87. The van der Waals surface area contributed by atoms with Crippen LogP contribution >= 0.6 is 0 Å². The van der Waals surface area contributed by atoms with Gasteiger partial charge in [-0.1, -0.05) is 26.3 Å². The van der Waals surface area contributed by atoms with E-state index in [0.717, 1.165) is 34.8 Å². The molecule has 1 N–H and O–H groups in total. The van der Waals surface area contributed by atoms with E-state index in [0.29, 0.717) is 0 Å². The molecule has 0 spiro atoms. The molecule has 4 rings (SSSR count). The maximum atomic E-state index is 5.21. The third-order valence-electron chi connectivity index (χ3n) is 6.22. The fraction of sp³-hybridized carbons (Fsp3) is 0.417. The molecular weight excluding hydrogens is 344 g/mol. The van der Waals surface area contributed by atoms with Crippen molar-refractivity contribution >= 4 is 11.3 Å². The standard InChI is InChI=1S/C24H30N4/c1-6-24(9-7-8-10-24)22-12-17(4)11-20(27-22)19-13-18(5)28-15-25-23(14-21(19)28)26-16(2)3/h11-15,26H,2,6-10H2,1,3-5H3. The number of hydrogen-bond acceptors (Lipinski definition) is 3. The van der Waals surface area contributed by atoms with Crippen molar-refractivity contribution in [3.63, 3.8) is 0 Å². The van der Waals surface area contributed by atoms with Gasteiger partial charge in [-0.3, -0.25) is 4.98 Å². The van der Waals surface area contributed by atoms with Crippen molar-refractivity contribution in [2.75, 3.05) is 5.32 Å². The summed E-state index contributed by atoms with van der Waals surface area (Å²) in [7, 11) is 0. The van der Waals surface area contributed by atoms with E-state index >= 15 is 0 Å². The van der Waals surface area contributed by atoms with E-state index in [4.69, 9.17) is 4.98 Å². The molecule has 4 nitrogen and oxygen atoms in total. The van der Waals surface area contributed by atoms with Gasteiger partial charge in [-0.05, 0) is 63.8 Å². The molecule has 0 radical (unpaired) electrons. The molecule has 0 aromatic carbocycles. The number of aryl methyl sites for hydroxylation is 2. The number of aromatic nitrogens is 3. The molecule has 1 aliphatic carbocycles. The number of pyridine rings is 1. The zero-order valence-corrected chi connectivity index (χ0v) is 17.5. The largest absolute Gasteiger partial charge is 0.345 e. The van der Waals surface area contributed by atoms with Crippen LogP contribution in [0, 0.1) is 13.8 Å². The second-order valence-corrected chi connectivity index (χ2v) is 8.39. The lowest BCUT2D eigenvalue weighted by Gasteiger charge is -2.27. The lowest BCUT2D eigenvalue weighted by Crippen LogP contribution is -2.22. The molecule has 28 heavy (non-hydrogen) atoms. The molecule has 0 amide bonds. The second kappa shape index (κ2) is 7.08. The number of hydrogen-bond donors (Lipinski definition) is 1. The molecule has 0 unspecified atom stereocenters. The lowest BCUT2D eigenvalue weighted by atomic mass is 9.79. The van der Waals surface area contributed by atoms with Crippen LogP contribution in [0.5, 0.6) is 0 Å². The van der Waals surface area contributed by atoms with Crippen molar-refractivity contribution in [1.29, 1.82) is 0 Å². The molecule has 146 valence electrons. The van der Waals surface area contributed by atoms with Gasteiger partial charge in [0, 0.05) is 34.1 Å². The van der Waals surface area contributed by atoms with Crippen LogP contribution in [0.15, 0.2) is 42.9 Å². The van der Waals surface area contributed by atoms with Gasteiger partial charge in [-0.15, -0.1) is 0 Å². The molecule has 3 aromatic heterocycles. The third-order valence-corrected chi connectivity index (χ3v) is 6.22. The topological polar surface area (TPSA) is 42.2 Å². The molecule has 3 aromatic rings. The Bertz CT molecular complexity index is 1040. The highest BCUT2D eigenvalue weighted by molar-refractivity contribution is 5.82. The van der Waals surface area contributed by atoms with Gasteiger partial charge in [0.25, 0.3) is 0 Å². The van der Waals surface area contributed by atoms with Crippen LogP contribution in [0.4, 0.5) is 5.82 Å². The van der Waals surface area contributed by atoms with Crippen LogP contribution in [0.2, 0.25) is 0 Å². The van der Waals surface area contributed by atoms with Crippen LogP contribution in [0.25, 0.3) is 16.8 Å². The van der Waals surface area contributed by atoms with Crippen molar-refractivity contribution in [2.24, 2.45) is 0 Å². The summed E-state index contributed by atoms with van der Waals surface area (Å²) in [6, 6.07) is 8.83. The highest BCUT2D eigenvalue weighted by Crippen LogP contribution is 2.44. The van der Waals surface area contributed by atoms with E-state index in [2.05, 4.69) is 66.3 Å². The Morgan fingerprint density at radius 2 is 1.93 bits per heavy atom. The Labute approximate surface area is 167 Å². The zero-order valence-electron chi connectivity index (χ0n) is 17.5. The Morgan fingerprint density at radius 1 is 1.18 bits per heavy atom. The Morgan fingerprint density at radius 3 is 2.61 bits per heavy atom. The van der Waals surface area contributed by atoms with Crippen LogP contribution in [0.1, 0.15) is 62.9 Å².